The molecule has 0 spiro atoms. The zero-order chi connectivity index (χ0) is 13.0. The highest BCUT2D eigenvalue weighted by atomic mass is 79.9. The van der Waals surface area contributed by atoms with E-state index in [-0.39, 0.29) is 11.3 Å². The van der Waals surface area contributed by atoms with Gasteiger partial charge in [0.25, 0.3) is 0 Å². The van der Waals surface area contributed by atoms with Crippen molar-refractivity contribution in [2.24, 2.45) is 0 Å². The largest absolute Gasteiger partial charge is 0.465 e. The van der Waals surface area contributed by atoms with Crippen molar-refractivity contribution < 1.29 is 23.0 Å². The van der Waals surface area contributed by atoms with Crippen molar-refractivity contribution in [2.45, 2.75) is 11.9 Å². The molecule has 0 aliphatic carbocycles. The number of hydrogen-bond acceptors (Lipinski definition) is 3. The fourth-order valence-electron chi connectivity index (χ4n) is 1.21. The molecule has 0 atom stereocenters. The van der Waals surface area contributed by atoms with Gasteiger partial charge in [0.05, 0.1) is 12.7 Å². The van der Waals surface area contributed by atoms with Crippen molar-refractivity contribution in [2.75, 3.05) is 7.11 Å². The third-order valence-electron chi connectivity index (χ3n) is 1.93. The SMILES string of the molecule is COC(=O)c1cc(OC(F)F)cc(Br)c1CBr. The first-order valence-corrected chi connectivity index (χ1v) is 6.32. The molecule has 7 heteroatoms. The fraction of sp³-hybridized carbons (Fsp3) is 0.300. The molecule has 94 valence electrons. The molecule has 0 bridgehead atoms. The Bertz CT molecular complexity index is 424. The van der Waals surface area contributed by atoms with Crippen molar-refractivity contribution in [3.8, 4) is 5.75 Å². The van der Waals surface area contributed by atoms with Crippen LogP contribution in [0.5, 0.6) is 5.75 Å². The Balaban J connectivity index is 3.23. The summed E-state index contributed by atoms with van der Waals surface area (Å²) in [6.45, 7) is -2.94. The van der Waals surface area contributed by atoms with Crippen LogP contribution in [-0.2, 0) is 10.1 Å². The molecule has 0 heterocycles. The van der Waals surface area contributed by atoms with E-state index in [2.05, 4.69) is 41.3 Å². The van der Waals surface area contributed by atoms with Crippen molar-refractivity contribution in [1.29, 1.82) is 0 Å². The molecule has 0 radical (unpaired) electrons. The molecule has 0 saturated heterocycles. The van der Waals surface area contributed by atoms with Gasteiger partial charge in [-0.3, -0.25) is 0 Å². The summed E-state index contributed by atoms with van der Waals surface area (Å²) in [6, 6.07) is 2.59. The van der Waals surface area contributed by atoms with E-state index in [0.717, 1.165) is 0 Å². The number of hydrogen-bond donors (Lipinski definition) is 0. The van der Waals surface area contributed by atoms with Crippen LogP contribution < -0.4 is 4.74 Å². The summed E-state index contributed by atoms with van der Waals surface area (Å²) in [4.78, 5) is 11.5. The number of carbonyl (C=O) groups excluding carboxylic acids is 1. The Morgan fingerprint density at radius 3 is 2.59 bits per heavy atom. The van der Waals surface area contributed by atoms with Gasteiger partial charge < -0.3 is 9.47 Å². The van der Waals surface area contributed by atoms with E-state index in [9.17, 15) is 13.6 Å². The highest BCUT2D eigenvalue weighted by Crippen LogP contribution is 2.30. The van der Waals surface area contributed by atoms with Crippen LogP contribution in [0.15, 0.2) is 16.6 Å². The predicted octanol–water partition coefficient (Wildman–Crippen LogP) is 3.73. The van der Waals surface area contributed by atoms with E-state index in [4.69, 9.17) is 0 Å². The monoisotopic (exact) mass is 372 g/mol. The number of methoxy groups -OCH3 is 1. The summed E-state index contributed by atoms with van der Waals surface area (Å²) in [6.07, 6.45) is 0. The van der Waals surface area contributed by atoms with Gasteiger partial charge in [0.15, 0.2) is 0 Å². The van der Waals surface area contributed by atoms with E-state index < -0.39 is 12.6 Å². The average Bonchev–Trinajstić information content (AvgIpc) is 2.26. The van der Waals surface area contributed by atoms with Gasteiger partial charge in [0, 0.05) is 9.80 Å². The first kappa shape index (κ1) is 14.4. The zero-order valence-corrected chi connectivity index (χ0v) is 11.8. The van der Waals surface area contributed by atoms with Crippen LogP contribution in [0, 0.1) is 0 Å². The van der Waals surface area contributed by atoms with Gasteiger partial charge in [-0.15, -0.1) is 0 Å². The minimum atomic E-state index is -2.94. The molecule has 0 aliphatic rings. The second kappa shape index (κ2) is 6.30. The molecule has 0 saturated carbocycles. The Morgan fingerprint density at radius 2 is 2.12 bits per heavy atom. The molecule has 1 aromatic carbocycles. The van der Waals surface area contributed by atoms with E-state index >= 15 is 0 Å². The van der Waals surface area contributed by atoms with Gasteiger partial charge in [0.1, 0.15) is 5.75 Å². The number of carbonyl (C=O) groups is 1. The van der Waals surface area contributed by atoms with Crippen molar-refractivity contribution in [1.82, 2.24) is 0 Å². The maximum absolute atomic E-state index is 12.1. The molecule has 0 amide bonds. The molecule has 0 aromatic heterocycles. The number of benzene rings is 1. The van der Waals surface area contributed by atoms with Gasteiger partial charge in [-0.1, -0.05) is 31.9 Å². The van der Waals surface area contributed by atoms with Crippen LogP contribution in [0.1, 0.15) is 15.9 Å². The smallest absolute Gasteiger partial charge is 0.387 e. The molecule has 0 aliphatic heterocycles. The summed E-state index contributed by atoms with van der Waals surface area (Å²) in [7, 11) is 1.22. The lowest BCUT2D eigenvalue weighted by Crippen LogP contribution is -2.08. The van der Waals surface area contributed by atoms with Crippen molar-refractivity contribution >= 4 is 37.8 Å². The van der Waals surface area contributed by atoms with Crippen LogP contribution >= 0.6 is 31.9 Å². The minimum absolute atomic E-state index is 0.100. The molecule has 0 unspecified atom stereocenters. The van der Waals surface area contributed by atoms with Crippen LogP contribution in [0.4, 0.5) is 8.78 Å². The molecule has 0 fully saturated rings. The third kappa shape index (κ3) is 3.64. The normalized spacial score (nSPS) is 10.5. The van der Waals surface area contributed by atoms with Crippen LogP contribution in [-0.4, -0.2) is 19.7 Å². The van der Waals surface area contributed by atoms with E-state index in [1.807, 2.05) is 0 Å². The molecule has 17 heavy (non-hydrogen) atoms. The van der Waals surface area contributed by atoms with Crippen molar-refractivity contribution in [3.05, 3.63) is 27.7 Å². The van der Waals surface area contributed by atoms with Crippen LogP contribution in [0.2, 0.25) is 0 Å². The second-order valence-corrected chi connectivity index (χ2v) is 4.35. The molecule has 1 aromatic rings. The van der Waals surface area contributed by atoms with Gasteiger partial charge in [0.2, 0.25) is 0 Å². The van der Waals surface area contributed by atoms with E-state index in [0.29, 0.717) is 15.4 Å². The first-order valence-electron chi connectivity index (χ1n) is 4.41. The third-order valence-corrected chi connectivity index (χ3v) is 3.20. The van der Waals surface area contributed by atoms with E-state index in [1.54, 1.807) is 0 Å². The maximum atomic E-state index is 12.1. The van der Waals surface area contributed by atoms with Crippen LogP contribution in [0.25, 0.3) is 0 Å². The lowest BCUT2D eigenvalue weighted by Gasteiger charge is -2.11. The zero-order valence-electron chi connectivity index (χ0n) is 8.68. The average molecular weight is 374 g/mol. The number of rotatable bonds is 4. The number of alkyl halides is 3. The minimum Gasteiger partial charge on any atom is -0.465 e. The van der Waals surface area contributed by atoms with Gasteiger partial charge in [-0.05, 0) is 17.7 Å². The summed E-state index contributed by atoms with van der Waals surface area (Å²) < 4.78 is 33.5. The number of halogens is 4. The fourth-order valence-corrected chi connectivity index (χ4v) is 2.77. The van der Waals surface area contributed by atoms with Gasteiger partial charge in [-0.2, -0.15) is 8.78 Å². The number of esters is 1. The molecular formula is C10H8Br2F2O3. The van der Waals surface area contributed by atoms with Gasteiger partial charge in [-0.25, -0.2) is 4.79 Å². The Hall–Kier alpha value is -0.690. The first-order chi connectivity index (χ1) is 7.99. The standard InChI is InChI=1S/C10H8Br2F2O3/c1-16-9(15)6-2-5(17-10(13)14)3-8(12)7(6)4-11/h2-3,10H,4H2,1H3. The molecular weight excluding hydrogens is 366 g/mol. The van der Waals surface area contributed by atoms with Crippen molar-refractivity contribution in [3.63, 3.8) is 0 Å². The maximum Gasteiger partial charge on any atom is 0.387 e. The Labute approximate surface area is 113 Å². The molecule has 1 rings (SSSR count). The topological polar surface area (TPSA) is 35.5 Å². The highest BCUT2D eigenvalue weighted by Gasteiger charge is 2.17. The van der Waals surface area contributed by atoms with Crippen LogP contribution in [0.3, 0.4) is 0 Å². The summed E-state index contributed by atoms with van der Waals surface area (Å²) in [5.41, 5.74) is 0.785. The second-order valence-electron chi connectivity index (χ2n) is 2.93. The quantitative estimate of drug-likeness (QED) is 0.595. The number of ether oxygens (including phenoxy) is 2. The molecule has 0 N–H and O–H groups in total. The summed E-state index contributed by atoms with van der Waals surface area (Å²) >= 11 is 6.39. The lowest BCUT2D eigenvalue weighted by atomic mass is 10.1. The summed E-state index contributed by atoms with van der Waals surface area (Å²) in [5.74, 6) is -0.711. The lowest BCUT2D eigenvalue weighted by molar-refractivity contribution is -0.0499. The predicted molar refractivity (Wildman–Crippen MR) is 64.7 cm³/mol. The Morgan fingerprint density at radius 1 is 1.47 bits per heavy atom. The summed E-state index contributed by atoms with van der Waals surface area (Å²) in [5, 5.41) is 0.382. The van der Waals surface area contributed by atoms with Gasteiger partial charge >= 0.3 is 12.6 Å². The van der Waals surface area contributed by atoms with E-state index in [1.165, 1.54) is 19.2 Å². The molecule has 3 nitrogen and oxygen atoms in total. The highest BCUT2D eigenvalue weighted by molar-refractivity contribution is 9.10. The Kier molecular flexibility index (Phi) is 5.32.